The fourth-order valence-electron chi connectivity index (χ4n) is 14.8. The highest BCUT2D eigenvalue weighted by molar-refractivity contribution is 6.20. The molecule has 0 aromatic rings. The van der Waals surface area contributed by atoms with Crippen molar-refractivity contribution >= 4 is 76.6 Å². The molecule has 5 fully saturated rings. The number of likely N-dealkylation sites (N-methyl/N-ethyl adjacent to an activating group) is 7. The molecule has 1 spiro atoms. The van der Waals surface area contributed by atoms with Gasteiger partial charge in [-0.2, -0.15) is 13.2 Å². The van der Waals surface area contributed by atoms with Crippen LogP contribution in [0, 0.1) is 47.3 Å². The predicted octanol–water partition coefficient (Wildman–Crippen LogP) is 6.50. The second kappa shape index (κ2) is 35.0. The second-order valence-corrected chi connectivity index (χ2v) is 30.2. The van der Waals surface area contributed by atoms with Gasteiger partial charge in [0.1, 0.15) is 41.8 Å². The fourth-order valence-corrected chi connectivity index (χ4v) is 15.1. The molecule has 26 heteroatoms. The molecule has 11 amide bonds. The molecule has 94 heavy (non-hydrogen) atoms. The maximum absolute atomic E-state index is 15.3. The molecular weight excluding hydrogens is 1240 g/mol. The Morgan fingerprint density at radius 3 is 1.64 bits per heavy atom. The molecule has 4 saturated carbocycles. The van der Waals surface area contributed by atoms with Crippen molar-refractivity contribution in [3.8, 4) is 0 Å². The molecule has 5 aliphatic rings. The Kier molecular flexibility index (Phi) is 29.4. The minimum Gasteiger partial charge on any atom is -0.351 e. The second-order valence-electron chi connectivity index (χ2n) is 29.6. The van der Waals surface area contributed by atoms with E-state index in [4.69, 9.17) is 11.6 Å². The third-order valence-electron chi connectivity index (χ3n) is 21.0. The molecule has 1 aliphatic heterocycles. The van der Waals surface area contributed by atoms with Gasteiger partial charge in [0.2, 0.25) is 65.0 Å². The maximum atomic E-state index is 15.3. The number of carbonyl (C=O) groups excluding carboxylic acids is 11. The normalized spacial score (nSPS) is 30.5. The SMILES string of the molecule is CC[C@H](C)[C@@H]1NC(=O)[C@H](C(C)C)N(C)C(=O)[C@@H]2CCC[C@H]2NC(=O)[C@H](CC(C)C)N(C)C(=O)C2(CCCC2)NC(=O)[C@H](CC(C)C)N(C)C(=O)[C@H](CCC2CCC(C(F)(F)F)CC2)NC(=O)CN(C)C(=O)[C@H](CC2CCC(Cl)CC2)N(C)C(=O)CN(C)C(=O)CN(C)C1=O. The van der Waals surface area contributed by atoms with Crippen molar-refractivity contribution in [1.29, 1.82) is 0 Å². The summed E-state index contributed by atoms with van der Waals surface area (Å²) in [6, 6.07) is -7.61. The Bertz CT molecular complexity index is 2650. The zero-order valence-electron chi connectivity index (χ0n) is 58.8. The van der Waals surface area contributed by atoms with Gasteiger partial charge in [-0.3, -0.25) is 52.7 Å². The summed E-state index contributed by atoms with van der Waals surface area (Å²) in [5.41, 5.74) is -1.50. The molecule has 4 aliphatic carbocycles. The van der Waals surface area contributed by atoms with Gasteiger partial charge in [-0.15, -0.1) is 11.6 Å². The van der Waals surface area contributed by atoms with Crippen molar-refractivity contribution in [2.45, 2.75) is 250 Å². The number of nitrogens with one attached hydrogen (secondary N) is 4. The molecule has 0 unspecified atom stereocenters. The lowest BCUT2D eigenvalue weighted by molar-refractivity contribution is -0.184. The standard InChI is InChI=1S/C68H113ClF3N11O11/c1-16-43(8)57-65(93)79(11)38-55(85)77(9)39-56(86)80(12)53(36-45-24-29-47(69)30-25-45)64(92)78(10)37-54(84)73-50(31-26-44-22-27-46(28-23-44)68(70,71)72)63(91)81(13)52(35-41(4)5)60(88)76-67(32-17-18-33-67)66(94)82(14)51(34-40(2)3)59(87)74-49-21-19-20-48(49)62(90)83(15)58(42(6)7)61(89)75-57/h40-53,57-58H,16-39H2,1-15H3,(H,73,84)(H,74,87)(H,75,89)(H,76,88)/t43-,44?,45?,46?,47?,48+,49+,50-,51-,52-,53-,57-,58-/m0/s1. The van der Waals surface area contributed by atoms with Crippen molar-refractivity contribution in [2.75, 3.05) is 69.0 Å². The first-order valence-corrected chi connectivity index (χ1v) is 35.1. The van der Waals surface area contributed by atoms with Gasteiger partial charge in [0, 0.05) is 60.8 Å². The molecule has 9 atom stereocenters. The highest BCUT2D eigenvalue weighted by Gasteiger charge is 2.50. The van der Waals surface area contributed by atoms with Crippen molar-refractivity contribution in [3.63, 3.8) is 0 Å². The van der Waals surface area contributed by atoms with Crippen molar-refractivity contribution in [1.82, 2.24) is 55.6 Å². The number of hydrogen-bond acceptors (Lipinski definition) is 11. The summed E-state index contributed by atoms with van der Waals surface area (Å²) < 4.78 is 41.5. The summed E-state index contributed by atoms with van der Waals surface area (Å²) in [5.74, 6) is -10.2. The minimum atomic E-state index is -4.35. The molecule has 0 bridgehead atoms. The van der Waals surface area contributed by atoms with E-state index in [1.54, 1.807) is 20.8 Å². The van der Waals surface area contributed by atoms with Crippen LogP contribution in [-0.4, -0.2) is 228 Å². The van der Waals surface area contributed by atoms with Crippen LogP contribution in [0.2, 0.25) is 0 Å². The molecule has 0 aromatic carbocycles. The van der Waals surface area contributed by atoms with E-state index in [0.717, 1.165) is 9.80 Å². The van der Waals surface area contributed by atoms with Gasteiger partial charge in [-0.25, -0.2) is 0 Å². The molecule has 1 saturated heterocycles. The average Bonchev–Trinajstić information content (AvgIpc) is 1.48. The number of rotatable bonds is 12. The number of amides is 11. The van der Waals surface area contributed by atoms with Crippen LogP contribution < -0.4 is 21.3 Å². The van der Waals surface area contributed by atoms with E-state index in [1.165, 1.54) is 73.8 Å². The van der Waals surface area contributed by atoms with Crippen molar-refractivity contribution in [2.24, 2.45) is 47.3 Å². The van der Waals surface area contributed by atoms with E-state index in [2.05, 4.69) is 21.3 Å². The average molecular weight is 1350 g/mol. The Balaban J connectivity index is 1.57. The minimum absolute atomic E-state index is 0.0182. The van der Waals surface area contributed by atoms with Crippen LogP contribution in [-0.2, 0) is 52.7 Å². The van der Waals surface area contributed by atoms with Crippen molar-refractivity contribution in [3.05, 3.63) is 0 Å². The fraction of sp³-hybridized carbons (Fsp3) is 0.838. The quantitative estimate of drug-likeness (QED) is 0.153. The number of halogens is 4. The Hall–Kier alpha value is -5.75. The molecule has 0 aromatic heterocycles. The Labute approximate surface area is 561 Å². The van der Waals surface area contributed by atoms with Gasteiger partial charge in [0.05, 0.1) is 31.5 Å². The van der Waals surface area contributed by atoms with Crippen LogP contribution >= 0.6 is 11.6 Å². The Morgan fingerprint density at radius 1 is 0.532 bits per heavy atom. The van der Waals surface area contributed by atoms with E-state index in [1.807, 2.05) is 34.6 Å². The van der Waals surface area contributed by atoms with Crippen molar-refractivity contribution < 1.29 is 65.9 Å². The number of alkyl halides is 4. The van der Waals surface area contributed by atoms with E-state index in [-0.39, 0.29) is 99.7 Å². The third-order valence-corrected chi connectivity index (χ3v) is 21.5. The first kappa shape index (κ1) is 78.9. The summed E-state index contributed by atoms with van der Waals surface area (Å²) in [7, 11) is 10.1. The highest BCUT2D eigenvalue weighted by atomic mass is 35.5. The Morgan fingerprint density at radius 2 is 1.09 bits per heavy atom. The molecule has 22 nitrogen and oxygen atoms in total. The van der Waals surface area contributed by atoms with Crippen LogP contribution in [0.1, 0.15) is 190 Å². The first-order chi connectivity index (χ1) is 43.9. The topological polar surface area (TPSA) is 259 Å². The number of fused-ring (bicyclic) bond motifs is 1. The van der Waals surface area contributed by atoms with Crippen LogP contribution in [0.15, 0.2) is 0 Å². The maximum Gasteiger partial charge on any atom is 0.391 e. The summed E-state index contributed by atoms with van der Waals surface area (Å²) in [6.45, 7) is 13.2. The van der Waals surface area contributed by atoms with Gasteiger partial charge in [0.15, 0.2) is 0 Å². The number of hydrogen-bond donors (Lipinski definition) is 4. The van der Waals surface area contributed by atoms with E-state index >= 15 is 14.4 Å². The monoisotopic (exact) mass is 1350 g/mol. The zero-order valence-corrected chi connectivity index (χ0v) is 59.6. The molecule has 5 rings (SSSR count). The van der Waals surface area contributed by atoms with Gasteiger partial charge < -0.3 is 55.6 Å². The summed E-state index contributed by atoms with van der Waals surface area (Å²) in [4.78, 5) is 171. The van der Waals surface area contributed by atoms with Gasteiger partial charge in [-0.1, -0.05) is 81.1 Å². The van der Waals surface area contributed by atoms with Crippen LogP contribution in [0.4, 0.5) is 13.2 Å². The molecule has 1 heterocycles. The lowest BCUT2D eigenvalue weighted by Gasteiger charge is -2.40. The lowest BCUT2D eigenvalue weighted by atomic mass is 9.79. The van der Waals surface area contributed by atoms with E-state index in [0.29, 0.717) is 64.2 Å². The summed E-state index contributed by atoms with van der Waals surface area (Å²) in [6.07, 6.45) is 2.79. The largest absolute Gasteiger partial charge is 0.391 e. The van der Waals surface area contributed by atoms with Gasteiger partial charge >= 0.3 is 6.18 Å². The van der Waals surface area contributed by atoms with Crippen LogP contribution in [0.5, 0.6) is 0 Å². The zero-order chi connectivity index (χ0) is 70.4. The molecule has 0 radical (unpaired) electrons. The number of carbonyl (C=O) groups is 11. The molecule has 534 valence electrons. The number of nitrogens with zero attached hydrogens (tertiary/aromatic N) is 7. The highest BCUT2D eigenvalue weighted by Crippen LogP contribution is 2.41. The van der Waals surface area contributed by atoms with Gasteiger partial charge in [0.25, 0.3) is 0 Å². The smallest absolute Gasteiger partial charge is 0.351 e. The molecule has 4 N–H and O–H groups in total. The predicted molar refractivity (Wildman–Crippen MR) is 352 cm³/mol. The van der Waals surface area contributed by atoms with E-state index in [9.17, 15) is 51.5 Å². The lowest BCUT2D eigenvalue weighted by Crippen LogP contribution is -2.64. The van der Waals surface area contributed by atoms with E-state index < -0.39 is 162 Å². The summed E-state index contributed by atoms with van der Waals surface area (Å²) in [5, 5.41) is 11.9. The van der Waals surface area contributed by atoms with Crippen LogP contribution in [0.3, 0.4) is 0 Å². The third kappa shape index (κ3) is 20.9. The van der Waals surface area contributed by atoms with Gasteiger partial charge in [-0.05, 0) is 145 Å². The molecular formula is C68H113ClF3N11O11. The first-order valence-electron chi connectivity index (χ1n) is 34.7. The summed E-state index contributed by atoms with van der Waals surface area (Å²) >= 11 is 6.50. The van der Waals surface area contributed by atoms with Crippen LogP contribution in [0.25, 0.3) is 0 Å².